The van der Waals surface area contributed by atoms with Crippen LogP contribution >= 0.6 is 0 Å². The van der Waals surface area contributed by atoms with Gasteiger partial charge >= 0.3 is 0 Å². The predicted octanol–water partition coefficient (Wildman–Crippen LogP) is 8.07. The molecule has 4 rings (SSSR count). The van der Waals surface area contributed by atoms with Gasteiger partial charge in [0.15, 0.2) is 0 Å². The minimum Gasteiger partial charge on any atom is -0.311 e. The van der Waals surface area contributed by atoms with Crippen molar-refractivity contribution < 1.29 is 0 Å². The Bertz CT molecular complexity index is 837. The first-order valence-electron chi connectivity index (χ1n) is 10.6. The molecule has 0 heterocycles. The van der Waals surface area contributed by atoms with E-state index in [0.717, 1.165) is 11.8 Å². The zero-order valence-corrected chi connectivity index (χ0v) is 17.4. The lowest BCUT2D eigenvalue weighted by atomic mass is 9.79. The first-order valence-corrected chi connectivity index (χ1v) is 10.6. The van der Waals surface area contributed by atoms with Gasteiger partial charge in [0, 0.05) is 17.1 Å². The van der Waals surface area contributed by atoms with Crippen LogP contribution in [0.5, 0.6) is 0 Å². The lowest BCUT2D eigenvalue weighted by Gasteiger charge is -2.28. The van der Waals surface area contributed by atoms with Crippen LogP contribution in [0.2, 0.25) is 0 Å². The number of nitrogens with zero attached hydrogens (tertiary/aromatic N) is 1. The third-order valence-electron chi connectivity index (χ3n) is 6.22. The number of benzene rings is 3. The van der Waals surface area contributed by atoms with Crippen molar-refractivity contribution in [3.05, 3.63) is 89.5 Å². The van der Waals surface area contributed by atoms with Crippen molar-refractivity contribution in [1.82, 2.24) is 0 Å². The highest BCUT2D eigenvalue weighted by Crippen LogP contribution is 2.38. The van der Waals surface area contributed by atoms with Crippen LogP contribution in [0.25, 0.3) is 0 Å². The summed E-state index contributed by atoms with van der Waals surface area (Å²) in [6, 6.07) is 26.9. The molecule has 3 aromatic rings. The summed E-state index contributed by atoms with van der Waals surface area (Å²) in [6.07, 6.45) is 5.40. The minimum atomic E-state index is 0.734. The molecule has 144 valence electrons. The molecule has 1 aliphatic rings. The van der Waals surface area contributed by atoms with Crippen molar-refractivity contribution in [3.63, 3.8) is 0 Å². The highest BCUT2D eigenvalue weighted by atomic mass is 15.1. The fraction of sp³-hybridized carbons (Fsp3) is 0.333. The third kappa shape index (κ3) is 4.14. The average Bonchev–Trinajstić information content (AvgIpc) is 2.72. The van der Waals surface area contributed by atoms with Gasteiger partial charge in [-0.2, -0.15) is 0 Å². The maximum absolute atomic E-state index is 2.39. The van der Waals surface area contributed by atoms with Gasteiger partial charge in [0.2, 0.25) is 0 Å². The molecule has 0 atom stereocenters. The van der Waals surface area contributed by atoms with Crippen LogP contribution in [0.15, 0.2) is 72.8 Å². The van der Waals surface area contributed by atoms with Gasteiger partial charge in [0.1, 0.15) is 0 Å². The van der Waals surface area contributed by atoms with Crippen molar-refractivity contribution in [1.29, 1.82) is 0 Å². The van der Waals surface area contributed by atoms with Gasteiger partial charge in [-0.25, -0.2) is 0 Å². The average molecular weight is 370 g/mol. The molecule has 1 saturated carbocycles. The van der Waals surface area contributed by atoms with Crippen LogP contribution in [0.3, 0.4) is 0 Å². The summed E-state index contributed by atoms with van der Waals surface area (Å²) in [5.74, 6) is 1.63. The molecule has 3 aromatic carbocycles. The lowest BCUT2D eigenvalue weighted by Crippen LogP contribution is -2.12. The van der Waals surface area contributed by atoms with Crippen LogP contribution < -0.4 is 4.90 Å². The molecule has 0 bridgehead atoms. The Kier molecular flexibility index (Phi) is 5.52. The largest absolute Gasteiger partial charge is 0.311 e. The molecule has 1 fully saturated rings. The van der Waals surface area contributed by atoms with Crippen LogP contribution in [-0.2, 0) is 0 Å². The molecular weight excluding hydrogens is 338 g/mol. The number of anilines is 3. The monoisotopic (exact) mass is 369 g/mol. The molecule has 1 aliphatic carbocycles. The second-order valence-corrected chi connectivity index (χ2v) is 8.55. The number of aryl methyl sites for hydroxylation is 2. The summed E-state index contributed by atoms with van der Waals surface area (Å²) in [5.41, 5.74) is 7.70. The number of hydrogen-bond acceptors (Lipinski definition) is 1. The molecule has 0 amide bonds. The summed E-state index contributed by atoms with van der Waals surface area (Å²) in [6.45, 7) is 6.67. The standard InChI is InChI=1S/C27H31N/c1-20-4-10-23(11-5-20)24-12-18-27(19-13-24)28(25-14-6-21(2)7-15-25)26-16-8-22(3)9-17-26/h6-9,12-20,23H,4-5,10-11H2,1-3H3. The van der Waals surface area contributed by atoms with Crippen LogP contribution in [0.1, 0.15) is 55.2 Å². The Hall–Kier alpha value is -2.54. The highest BCUT2D eigenvalue weighted by molar-refractivity contribution is 5.76. The zero-order valence-electron chi connectivity index (χ0n) is 17.4. The Morgan fingerprint density at radius 3 is 1.39 bits per heavy atom. The fourth-order valence-electron chi connectivity index (χ4n) is 4.32. The van der Waals surface area contributed by atoms with E-state index in [4.69, 9.17) is 0 Å². The molecule has 28 heavy (non-hydrogen) atoms. The lowest BCUT2D eigenvalue weighted by molar-refractivity contribution is 0.348. The first-order chi connectivity index (χ1) is 13.6. The van der Waals surface area contributed by atoms with Gasteiger partial charge in [0.25, 0.3) is 0 Å². The van der Waals surface area contributed by atoms with Crippen molar-refractivity contribution in [2.24, 2.45) is 5.92 Å². The van der Waals surface area contributed by atoms with Gasteiger partial charge < -0.3 is 4.90 Å². The Morgan fingerprint density at radius 1 is 0.571 bits per heavy atom. The second kappa shape index (κ2) is 8.22. The molecule has 0 aromatic heterocycles. The smallest absolute Gasteiger partial charge is 0.0461 e. The number of rotatable bonds is 4. The molecule has 1 nitrogen and oxygen atoms in total. The van der Waals surface area contributed by atoms with Crippen molar-refractivity contribution in [2.75, 3.05) is 4.90 Å². The summed E-state index contributed by atoms with van der Waals surface area (Å²) in [7, 11) is 0. The maximum atomic E-state index is 2.39. The topological polar surface area (TPSA) is 3.24 Å². The van der Waals surface area contributed by atoms with Gasteiger partial charge in [0.05, 0.1) is 0 Å². The molecule has 0 aliphatic heterocycles. The van der Waals surface area contributed by atoms with Crippen LogP contribution in [-0.4, -0.2) is 0 Å². The van der Waals surface area contributed by atoms with Gasteiger partial charge in [-0.15, -0.1) is 0 Å². The van der Waals surface area contributed by atoms with Crippen molar-refractivity contribution in [3.8, 4) is 0 Å². The summed E-state index contributed by atoms with van der Waals surface area (Å²) in [5, 5.41) is 0. The van der Waals surface area contributed by atoms with Crippen molar-refractivity contribution in [2.45, 2.75) is 52.4 Å². The quantitative estimate of drug-likeness (QED) is 0.449. The third-order valence-corrected chi connectivity index (χ3v) is 6.22. The van der Waals surface area contributed by atoms with E-state index < -0.39 is 0 Å². The predicted molar refractivity (Wildman–Crippen MR) is 121 cm³/mol. The van der Waals surface area contributed by atoms with E-state index in [1.165, 1.54) is 59.4 Å². The van der Waals surface area contributed by atoms with E-state index in [1.807, 2.05) is 0 Å². The van der Waals surface area contributed by atoms with E-state index in [9.17, 15) is 0 Å². The minimum absolute atomic E-state index is 0.734. The number of hydrogen-bond donors (Lipinski definition) is 0. The Balaban J connectivity index is 1.66. The summed E-state index contributed by atoms with van der Waals surface area (Å²) >= 11 is 0. The normalized spacial score (nSPS) is 19.4. The Labute approximate surface area is 170 Å². The second-order valence-electron chi connectivity index (χ2n) is 8.55. The van der Waals surface area contributed by atoms with Gasteiger partial charge in [-0.1, -0.05) is 67.3 Å². The molecule has 1 heteroatoms. The molecule has 0 spiro atoms. The van der Waals surface area contributed by atoms with E-state index in [0.29, 0.717) is 0 Å². The molecule has 0 radical (unpaired) electrons. The fourth-order valence-corrected chi connectivity index (χ4v) is 4.32. The molecule has 0 N–H and O–H groups in total. The molecular formula is C27H31N. The van der Waals surface area contributed by atoms with E-state index >= 15 is 0 Å². The zero-order chi connectivity index (χ0) is 19.5. The first kappa shape index (κ1) is 18.8. The highest BCUT2D eigenvalue weighted by Gasteiger charge is 2.20. The summed E-state index contributed by atoms with van der Waals surface area (Å²) < 4.78 is 0. The van der Waals surface area contributed by atoms with E-state index in [2.05, 4.69) is 98.5 Å². The summed E-state index contributed by atoms with van der Waals surface area (Å²) in [4.78, 5) is 2.35. The SMILES string of the molecule is Cc1ccc(N(c2ccc(C)cc2)c2ccc(C3CCC(C)CC3)cc2)cc1. The Morgan fingerprint density at radius 2 is 0.964 bits per heavy atom. The van der Waals surface area contributed by atoms with Crippen molar-refractivity contribution >= 4 is 17.1 Å². The van der Waals surface area contributed by atoms with Crippen LogP contribution in [0.4, 0.5) is 17.1 Å². The van der Waals surface area contributed by atoms with E-state index in [1.54, 1.807) is 0 Å². The van der Waals surface area contributed by atoms with E-state index in [-0.39, 0.29) is 0 Å². The molecule has 0 saturated heterocycles. The van der Waals surface area contributed by atoms with Gasteiger partial charge in [-0.05, 0) is 80.5 Å². The van der Waals surface area contributed by atoms with Crippen LogP contribution in [0, 0.1) is 19.8 Å². The van der Waals surface area contributed by atoms with Gasteiger partial charge in [-0.3, -0.25) is 0 Å². The maximum Gasteiger partial charge on any atom is 0.0461 e. The molecule has 0 unspecified atom stereocenters.